The fourth-order valence-electron chi connectivity index (χ4n) is 1.93. The summed E-state index contributed by atoms with van der Waals surface area (Å²) < 4.78 is 0. The van der Waals surface area contributed by atoms with E-state index < -0.39 is 0 Å². The Kier molecular flexibility index (Phi) is 7.03. The number of carbonyl (C=O) groups excluding carboxylic acids is 2. The van der Waals surface area contributed by atoms with Crippen molar-refractivity contribution < 1.29 is 9.59 Å². The molecule has 1 aromatic rings. The van der Waals surface area contributed by atoms with Gasteiger partial charge in [-0.25, -0.2) is 0 Å². The lowest BCUT2D eigenvalue weighted by molar-refractivity contribution is -0.128. The molecular weight excluding hydrogens is 298 g/mol. The van der Waals surface area contributed by atoms with Crippen molar-refractivity contribution >= 4 is 23.2 Å². The minimum Gasteiger partial charge on any atom is -0.354 e. The molecule has 124 valence electrons. The topological polar surface area (TPSA) is 61.4 Å². The molecule has 0 fully saturated rings. The van der Waals surface area contributed by atoms with E-state index in [0.717, 1.165) is 6.42 Å². The summed E-state index contributed by atoms with van der Waals surface area (Å²) in [7, 11) is 1.78. The summed E-state index contributed by atoms with van der Waals surface area (Å²) in [6.07, 6.45) is 0.838. The summed E-state index contributed by atoms with van der Waals surface area (Å²) in [5, 5.41) is 7.84. The SMILES string of the molecule is C[C@H](C(=O)NCCc1cccs1)N(C)CC(=O)NC(C)(C)C. The Bertz CT molecular complexity index is 480. The van der Waals surface area contributed by atoms with Crippen LogP contribution in [-0.4, -0.2) is 48.4 Å². The van der Waals surface area contributed by atoms with Crippen LogP contribution in [-0.2, 0) is 16.0 Å². The minimum absolute atomic E-state index is 0.0531. The third-order valence-corrected chi connectivity index (χ3v) is 4.13. The van der Waals surface area contributed by atoms with Gasteiger partial charge in [0.25, 0.3) is 0 Å². The van der Waals surface area contributed by atoms with Crippen LogP contribution in [0.25, 0.3) is 0 Å². The van der Waals surface area contributed by atoms with Crippen LogP contribution >= 0.6 is 11.3 Å². The van der Waals surface area contributed by atoms with Crippen LogP contribution in [0.3, 0.4) is 0 Å². The van der Waals surface area contributed by atoms with Crippen LogP contribution in [0.2, 0.25) is 0 Å². The maximum absolute atomic E-state index is 12.1. The van der Waals surface area contributed by atoms with Crippen LogP contribution in [0.4, 0.5) is 0 Å². The normalized spacial score (nSPS) is 13.0. The lowest BCUT2D eigenvalue weighted by atomic mass is 10.1. The molecule has 0 saturated heterocycles. The Hall–Kier alpha value is -1.40. The molecule has 22 heavy (non-hydrogen) atoms. The number of carbonyl (C=O) groups is 2. The molecular formula is C16H27N3O2S. The fraction of sp³-hybridized carbons (Fsp3) is 0.625. The predicted octanol–water partition coefficient (Wildman–Crippen LogP) is 1.64. The second-order valence-electron chi connectivity index (χ2n) is 6.51. The summed E-state index contributed by atoms with van der Waals surface area (Å²) in [6, 6.07) is 3.73. The lowest BCUT2D eigenvalue weighted by Crippen LogP contribution is -2.50. The molecule has 2 amide bonds. The monoisotopic (exact) mass is 325 g/mol. The zero-order valence-electron chi connectivity index (χ0n) is 14.1. The van der Waals surface area contributed by atoms with E-state index in [0.29, 0.717) is 6.54 Å². The van der Waals surface area contributed by atoms with E-state index in [1.54, 1.807) is 23.3 Å². The number of nitrogens with one attached hydrogen (secondary N) is 2. The zero-order valence-corrected chi connectivity index (χ0v) is 14.9. The molecule has 0 saturated carbocycles. The molecule has 0 spiro atoms. The largest absolute Gasteiger partial charge is 0.354 e. The molecule has 5 nitrogen and oxygen atoms in total. The van der Waals surface area contributed by atoms with Crippen LogP contribution < -0.4 is 10.6 Å². The molecule has 0 aromatic carbocycles. The highest BCUT2D eigenvalue weighted by Crippen LogP contribution is 2.08. The van der Waals surface area contributed by atoms with Gasteiger partial charge in [-0.2, -0.15) is 0 Å². The van der Waals surface area contributed by atoms with Crippen LogP contribution in [0, 0.1) is 0 Å². The number of thiophene rings is 1. The Balaban J connectivity index is 2.33. The van der Waals surface area contributed by atoms with Gasteiger partial charge < -0.3 is 10.6 Å². The molecule has 0 aliphatic rings. The Morgan fingerprint density at radius 2 is 2.05 bits per heavy atom. The van der Waals surface area contributed by atoms with Gasteiger partial charge in [0, 0.05) is 17.0 Å². The van der Waals surface area contributed by atoms with Crippen molar-refractivity contribution in [3.05, 3.63) is 22.4 Å². The average Bonchev–Trinajstić information content (AvgIpc) is 2.88. The van der Waals surface area contributed by atoms with Crippen molar-refractivity contribution in [1.29, 1.82) is 0 Å². The summed E-state index contributed by atoms with van der Waals surface area (Å²) in [4.78, 5) is 27.0. The number of likely N-dealkylation sites (N-methyl/N-ethyl adjacent to an activating group) is 1. The minimum atomic E-state index is -0.339. The molecule has 2 N–H and O–H groups in total. The highest BCUT2D eigenvalue weighted by molar-refractivity contribution is 7.09. The quantitative estimate of drug-likeness (QED) is 0.801. The van der Waals surface area contributed by atoms with Gasteiger partial charge in [-0.05, 0) is 52.6 Å². The molecule has 0 bridgehead atoms. The summed E-state index contributed by atoms with van der Waals surface area (Å²) in [6.45, 7) is 8.44. The number of rotatable bonds is 7. The third-order valence-electron chi connectivity index (χ3n) is 3.20. The van der Waals surface area contributed by atoms with Crippen molar-refractivity contribution in [1.82, 2.24) is 15.5 Å². The van der Waals surface area contributed by atoms with E-state index in [1.807, 2.05) is 39.1 Å². The van der Waals surface area contributed by atoms with Gasteiger partial charge in [-0.3, -0.25) is 14.5 Å². The summed E-state index contributed by atoms with van der Waals surface area (Å²) >= 11 is 1.69. The molecule has 1 aromatic heterocycles. The smallest absolute Gasteiger partial charge is 0.237 e. The van der Waals surface area contributed by atoms with E-state index in [-0.39, 0.29) is 29.9 Å². The van der Waals surface area contributed by atoms with Crippen molar-refractivity contribution in [2.75, 3.05) is 20.1 Å². The summed E-state index contributed by atoms with van der Waals surface area (Å²) in [5.41, 5.74) is -0.260. The maximum atomic E-state index is 12.1. The van der Waals surface area contributed by atoms with E-state index in [1.165, 1.54) is 4.88 Å². The van der Waals surface area contributed by atoms with Gasteiger partial charge in [0.05, 0.1) is 12.6 Å². The van der Waals surface area contributed by atoms with Crippen LogP contribution in [0.5, 0.6) is 0 Å². The van der Waals surface area contributed by atoms with Gasteiger partial charge in [0.15, 0.2) is 0 Å². The second-order valence-corrected chi connectivity index (χ2v) is 7.54. The molecule has 1 heterocycles. The first-order valence-corrected chi connectivity index (χ1v) is 8.38. The molecule has 0 unspecified atom stereocenters. The molecule has 0 radical (unpaired) electrons. The molecule has 1 rings (SSSR count). The molecule has 1 atom stereocenters. The van der Waals surface area contributed by atoms with Gasteiger partial charge in [-0.1, -0.05) is 6.07 Å². The van der Waals surface area contributed by atoms with Crippen molar-refractivity contribution in [3.63, 3.8) is 0 Å². The Labute approximate surface area is 137 Å². The second kappa shape index (κ2) is 8.29. The Morgan fingerprint density at radius 3 is 2.59 bits per heavy atom. The maximum Gasteiger partial charge on any atom is 0.237 e. The van der Waals surface area contributed by atoms with Crippen molar-refractivity contribution in [3.8, 4) is 0 Å². The van der Waals surface area contributed by atoms with Gasteiger partial charge in [0.2, 0.25) is 11.8 Å². The van der Waals surface area contributed by atoms with E-state index >= 15 is 0 Å². The standard InChI is InChI=1S/C16H27N3O2S/c1-12(19(5)11-14(20)18-16(2,3)4)15(21)17-9-8-13-7-6-10-22-13/h6-7,10,12H,8-9,11H2,1-5H3,(H,17,21)(H,18,20)/t12-/m1/s1. The number of hydrogen-bond donors (Lipinski definition) is 2. The first kappa shape index (κ1) is 18.6. The third kappa shape index (κ3) is 7.04. The van der Waals surface area contributed by atoms with Gasteiger partial charge in [0.1, 0.15) is 0 Å². The van der Waals surface area contributed by atoms with Crippen molar-refractivity contribution in [2.24, 2.45) is 0 Å². The highest BCUT2D eigenvalue weighted by atomic mass is 32.1. The Morgan fingerprint density at radius 1 is 1.36 bits per heavy atom. The highest BCUT2D eigenvalue weighted by Gasteiger charge is 2.21. The number of hydrogen-bond acceptors (Lipinski definition) is 4. The fourth-order valence-corrected chi connectivity index (χ4v) is 2.64. The predicted molar refractivity (Wildman–Crippen MR) is 91.0 cm³/mol. The first-order chi connectivity index (χ1) is 10.2. The van der Waals surface area contributed by atoms with Crippen LogP contribution in [0.1, 0.15) is 32.6 Å². The first-order valence-electron chi connectivity index (χ1n) is 7.50. The number of nitrogens with zero attached hydrogens (tertiary/aromatic N) is 1. The van der Waals surface area contributed by atoms with Crippen molar-refractivity contribution in [2.45, 2.75) is 45.7 Å². The molecule has 0 aliphatic heterocycles. The average molecular weight is 325 g/mol. The summed E-state index contributed by atoms with van der Waals surface area (Å²) in [5.74, 6) is -0.129. The lowest BCUT2D eigenvalue weighted by Gasteiger charge is -2.26. The van der Waals surface area contributed by atoms with Gasteiger partial charge in [-0.15, -0.1) is 11.3 Å². The van der Waals surface area contributed by atoms with E-state index in [4.69, 9.17) is 0 Å². The van der Waals surface area contributed by atoms with Crippen LogP contribution in [0.15, 0.2) is 17.5 Å². The van der Waals surface area contributed by atoms with E-state index in [2.05, 4.69) is 16.7 Å². The molecule has 0 aliphatic carbocycles. The molecule has 6 heteroatoms. The van der Waals surface area contributed by atoms with Gasteiger partial charge >= 0.3 is 0 Å². The van der Waals surface area contributed by atoms with E-state index in [9.17, 15) is 9.59 Å². The number of amides is 2. The zero-order chi connectivity index (χ0) is 16.8.